The van der Waals surface area contributed by atoms with Crippen molar-refractivity contribution < 1.29 is 48.6 Å². The monoisotopic (exact) mass is 874 g/mol. The summed E-state index contributed by atoms with van der Waals surface area (Å²) >= 11 is 2.83. The van der Waals surface area contributed by atoms with Crippen molar-refractivity contribution in [1.82, 2.24) is 31.9 Å². The average molecular weight is 875 g/mol. The summed E-state index contributed by atoms with van der Waals surface area (Å²) in [6.45, 7) is 3.03. The minimum Gasteiger partial charge on any atom is -0.508 e. The average Bonchev–Trinajstić information content (AvgIpc) is 3.19. The molecule has 0 unspecified atom stereocenters. The molecule has 20 heteroatoms. The Morgan fingerprint density at radius 1 is 0.633 bits per heavy atom. The predicted molar refractivity (Wildman–Crippen MR) is 229 cm³/mol. The van der Waals surface area contributed by atoms with E-state index >= 15 is 0 Å². The number of amides is 7. The van der Waals surface area contributed by atoms with E-state index in [9.17, 15) is 43.5 Å². The molecule has 330 valence electrons. The van der Waals surface area contributed by atoms with Crippen molar-refractivity contribution in [2.45, 2.75) is 88.6 Å². The molecular formula is C40H58N8O10S2. The van der Waals surface area contributed by atoms with Crippen LogP contribution >= 0.6 is 23.5 Å². The first kappa shape index (κ1) is 50.8. The quantitative estimate of drug-likeness (QED) is 0.0545. The largest absolute Gasteiger partial charge is 0.508 e. The number of benzene rings is 2. The lowest BCUT2D eigenvalue weighted by molar-refractivity contribution is -0.140. The molecule has 0 bridgehead atoms. The molecular weight excluding hydrogens is 817 g/mol. The number of rotatable bonds is 27. The molecule has 0 aromatic heterocycles. The normalized spacial score (nSPS) is 14.0. The number of thioether (sulfide) groups is 2. The molecule has 0 saturated heterocycles. The fourth-order valence-corrected chi connectivity index (χ4v) is 6.72. The van der Waals surface area contributed by atoms with Gasteiger partial charge in [-0.2, -0.15) is 23.5 Å². The molecule has 0 aliphatic heterocycles. The summed E-state index contributed by atoms with van der Waals surface area (Å²) < 4.78 is 0. The summed E-state index contributed by atoms with van der Waals surface area (Å²) in [5.74, 6) is -5.84. The van der Waals surface area contributed by atoms with Crippen molar-refractivity contribution in [2.75, 3.05) is 30.6 Å². The molecule has 2 aromatic rings. The SMILES string of the molecule is CSCC[C@H](NC(=O)[C@H](CC(C)C)NC(=O)CNC(=O)[C@H](Cc1ccccc1)NC(=O)[C@H](CCSC)NC(=O)[C@@H](N)Cc1ccc(O)cc1)C(=O)N[C@@H](CC(=O)O)C(N)=O. The van der Waals surface area contributed by atoms with E-state index in [2.05, 4.69) is 31.9 Å². The second-order valence-electron chi connectivity index (χ2n) is 14.4. The second kappa shape index (κ2) is 26.7. The van der Waals surface area contributed by atoms with Gasteiger partial charge in [0, 0.05) is 6.42 Å². The van der Waals surface area contributed by atoms with E-state index in [1.807, 2.05) is 20.1 Å². The third-order valence-electron chi connectivity index (χ3n) is 8.95. The smallest absolute Gasteiger partial charge is 0.305 e. The number of carbonyl (C=O) groups excluding carboxylic acids is 7. The highest BCUT2D eigenvalue weighted by molar-refractivity contribution is 7.98. The van der Waals surface area contributed by atoms with E-state index in [-0.39, 0.29) is 43.8 Å². The molecule has 0 radical (unpaired) electrons. The Morgan fingerprint density at radius 3 is 1.65 bits per heavy atom. The maximum absolute atomic E-state index is 13.7. The number of primary amides is 1. The Morgan fingerprint density at radius 2 is 1.13 bits per heavy atom. The number of phenolic OH excluding ortho intramolecular Hbond substituents is 1. The number of hydrogen-bond acceptors (Lipinski definition) is 12. The number of carboxylic acid groups (broad SMARTS) is 1. The number of hydrogen-bond donors (Lipinski definition) is 10. The minimum absolute atomic E-state index is 0.0323. The van der Waals surface area contributed by atoms with Crippen molar-refractivity contribution >= 4 is 70.8 Å². The van der Waals surface area contributed by atoms with Crippen molar-refractivity contribution in [1.29, 1.82) is 0 Å². The molecule has 0 saturated carbocycles. The lowest BCUT2D eigenvalue weighted by atomic mass is 10.0. The van der Waals surface area contributed by atoms with Gasteiger partial charge in [0.15, 0.2) is 0 Å². The van der Waals surface area contributed by atoms with E-state index < -0.39 is 96.5 Å². The van der Waals surface area contributed by atoms with E-state index in [0.29, 0.717) is 22.6 Å². The highest BCUT2D eigenvalue weighted by Gasteiger charge is 2.32. The van der Waals surface area contributed by atoms with Gasteiger partial charge in [0.05, 0.1) is 19.0 Å². The van der Waals surface area contributed by atoms with Crippen LogP contribution in [-0.4, -0.2) is 124 Å². The van der Waals surface area contributed by atoms with Crippen LogP contribution in [0.4, 0.5) is 0 Å². The van der Waals surface area contributed by atoms with Crippen molar-refractivity contribution in [3.8, 4) is 5.75 Å². The van der Waals surface area contributed by atoms with Crippen LogP contribution in [0.25, 0.3) is 0 Å². The van der Waals surface area contributed by atoms with Crippen LogP contribution in [-0.2, 0) is 51.2 Å². The van der Waals surface area contributed by atoms with E-state index in [1.54, 1.807) is 48.7 Å². The number of phenols is 1. The van der Waals surface area contributed by atoms with Gasteiger partial charge >= 0.3 is 5.97 Å². The fourth-order valence-electron chi connectivity index (χ4n) is 5.78. The minimum atomic E-state index is -1.52. The van der Waals surface area contributed by atoms with Gasteiger partial charge in [-0.3, -0.25) is 38.4 Å². The molecule has 0 fully saturated rings. The number of nitrogens with two attached hydrogens (primary N) is 2. The van der Waals surface area contributed by atoms with Gasteiger partial charge in [-0.05, 0) is 78.9 Å². The molecule has 0 aliphatic carbocycles. The molecule has 2 rings (SSSR count). The molecule has 7 amide bonds. The van der Waals surface area contributed by atoms with E-state index in [0.717, 1.165) is 0 Å². The summed E-state index contributed by atoms with van der Waals surface area (Å²) in [5.41, 5.74) is 12.8. The zero-order valence-electron chi connectivity index (χ0n) is 34.2. The number of carboxylic acids is 1. The van der Waals surface area contributed by atoms with Crippen LogP contribution in [0.1, 0.15) is 50.7 Å². The number of carbonyl (C=O) groups is 8. The zero-order valence-corrected chi connectivity index (χ0v) is 35.9. The predicted octanol–water partition coefficient (Wildman–Crippen LogP) is -0.443. The highest BCUT2D eigenvalue weighted by atomic mass is 32.2. The second-order valence-corrected chi connectivity index (χ2v) is 16.4. The summed E-state index contributed by atoms with van der Waals surface area (Å²) in [6.07, 6.45) is 3.50. The number of aromatic hydroxyl groups is 1. The van der Waals surface area contributed by atoms with Gasteiger partial charge < -0.3 is 53.6 Å². The van der Waals surface area contributed by atoms with Crippen molar-refractivity contribution in [3.63, 3.8) is 0 Å². The van der Waals surface area contributed by atoms with Crippen LogP contribution in [0.2, 0.25) is 0 Å². The van der Waals surface area contributed by atoms with Gasteiger partial charge in [0.25, 0.3) is 0 Å². The topological polar surface area (TPSA) is 301 Å². The van der Waals surface area contributed by atoms with Crippen molar-refractivity contribution in [2.24, 2.45) is 17.4 Å². The van der Waals surface area contributed by atoms with Gasteiger partial charge in [-0.15, -0.1) is 0 Å². The summed E-state index contributed by atoms with van der Waals surface area (Å²) in [6, 6.07) is 7.91. The molecule has 60 heavy (non-hydrogen) atoms. The third kappa shape index (κ3) is 19.2. The van der Waals surface area contributed by atoms with Gasteiger partial charge in [-0.1, -0.05) is 56.3 Å². The summed E-state index contributed by atoms with van der Waals surface area (Å²) in [4.78, 5) is 103. The summed E-state index contributed by atoms with van der Waals surface area (Å²) in [5, 5.41) is 34.1. The molecule has 18 nitrogen and oxygen atoms in total. The molecule has 0 aliphatic rings. The third-order valence-corrected chi connectivity index (χ3v) is 10.2. The van der Waals surface area contributed by atoms with Gasteiger partial charge in [0.1, 0.15) is 36.0 Å². The fraction of sp³-hybridized carbons (Fsp3) is 0.500. The van der Waals surface area contributed by atoms with Crippen LogP contribution < -0.4 is 43.4 Å². The van der Waals surface area contributed by atoms with Crippen LogP contribution in [0, 0.1) is 5.92 Å². The van der Waals surface area contributed by atoms with E-state index in [1.165, 1.54) is 35.7 Å². The molecule has 12 N–H and O–H groups in total. The Hall–Kier alpha value is -5.34. The maximum Gasteiger partial charge on any atom is 0.305 e. The van der Waals surface area contributed by atoms with Crippen LogP contribution in [0.5, 0.6) is 5.75 Å². The van der Waals surface area contributed by atoms with E-state index in [4.69, 9.17) is 16.6 Å². The first-order valence-corrected chi connectivity index (χ1v) is 22.1. The lowest BCUT2D eigenvalue weighted by Crippen LogP contribution is -2.58. The Labute approximate surface area is 358 Å². The number of nitrogens with one attached hydrogen (secondary N) is 6. The Balaban J connectivity index is 2.19. The highest BCUT2D eigenvalue weighted by Crippen LogP contribution is 2.12. The number of aliphatic carboxylic acids is 1. The maximum atomic E-state index is 13.7. The van der Waals surface area contributed by atoms with Crippen LogP contribution in [0.15, 0.2) is 54.6 Å². The molecule has 2 aromatic carbocycles. The molecule has 6 atom stereocenters. The first-order chi connectivity index (χ1) is 28.4. The molecule has 0 spiro atoms. The van der Waals surface area contributed by atoms with Gasteiger partial charge in [-0.25, -0.2) is 0 Å². The van der Waals surface area contributed by atoms with Crippen molar-refractivity contribution in [3.05, 3.63) is 65.7 Å². The Bertz CT molecular complexity index is 1750. The summed E-state index contributed by atoms with van der Waals surface area (Å²) in [7, 11) is 0. The Kier molecular flexibility index (Phi) is 22.6. The van der Waals surface area contributed by atoms with Gasteiger partial charge in [0.2, 0.25) is 41.4 Å². The standard InChI is InChI=1S/C40H58N8O10S2/c1-23(2)18-31(40(58)46-29(15-17-60-4)38(56)47-30(35(42)53)21-34(51)52)44-33(50)22-43-37(55)32(20-24-8-6-5-7-9-24)48-39(57)28(14-16-59-3)45-36(54)27(41)19-25-10-12-26(49)13-11-25/h5-13,23,27-32,49H,14-22,41H2,1-4H3,(H2,42,53)(H,43,55)(H,44,50)(H,45,54)(H,46,58)(H,47,56)(H,48,57)(H,51,52)/t27-,28-,29-,30-,31-,32-/m0/s1. The lowest BCUT2D eigenvalue weighted by Gasteiger charge is -2.26. The van der Waals surface area contributed by atoms with Crippen LogP contribution in [0.3, 0.4) is 0 Å². The first-order valence-electron chi connectivity index (χ1n) is 19.3. The zero-order chi connectivity index (χ0) is 44.8. The molecule has 0 heterocycles.